The van der Waals surface area contributed by atoms with Gasteiger partial charge >= 0.3 is 0 Å². The number of hydrogen-bond acceptors (Lipinski definition) is 3. The molecule has 1 heterocycles. The van der Waals surface area contributed by atoms with Crippen LogP contribution in [0, 0.1) is 5.41 Å². The molecule has 17 heavy (non-hydrogen) atoms. The molecule has 2 aliphatic rings. The van der Waals surface area contributed by atoms with Crippen LogP contribution in [-0.2, 0) is 4.74 Å². The molecule has 2 N–H and O–H groups in total. The minimum atomic E-state index is 0.0367. The third-order valence-corrected chi connectivity index (χ3v) is 5.15. The monoisotopic (exact) mass is 240 g/mol. The van der Waals surface area contributed by atoms with Gasteiger partial charge in [-0.05, 0) is 51.1 Å². The lowest BCUT2D eigenvalue weighted by molar-refractivity contribution is -0.0123. The minimum Gasteiger partial charge on any atom is -0.383 e. The second-order valence-electron chi connectivity index (χ2n) is 6.33. The zero-order valence-electron chi connectivity index (χ0n) is 11.5. The van der Waals surface area contributed by atoms with E-state index in [9.17, 15) is 0 Å². The van der Waals surface area contributed by atoms with E-state index in [4.69, 9.17) is 10.5 Å². The molecule has 1 aliphatic heterocycles. The molecule has 1 unspecified atom stereocenters. The van der Waals surface area contributed by atoms with E-state index in [1.165, 1.54) is 51.6 Å². The maximum Gasteiger partial charge on any atom is 0.0656 e. The lowest BCUT2D eigenvalue weighted by Gasteiger charge is -2.47. The molecule has 0 radical (unpaired) electrons. The average Bonchev–Trinajstić information content (AvgIpc) is 2.78. The second kappa shape index (κ2) is 5.25. The molecular formula is C14H28N2O. The molecule has 1 saturated carbocycles. The van der Waals surface area contributed by atoms with Crippen molar-refractivity contribution in [3.8, 4) is 0 Å². The van der Waals surface area contributed by atoms with E-state index in [2.05, 4.69) is 11.8 Å². The van der Waals surface area contributed by atoms with Crippen LogP contribution in [0.25, 0.3) is 0 Å². The lowest BCUT2D eigenvalue weighted by Crippen LogP contribution is -2.58. The van der Waals surface area contributed by atoms with Crippen LogP contribution in [0.3, 0.4) is 0 Å². The van der Waals surface area contributed by atoms with Gasteiger partial charge in [-0.3, -0.25) is 4.90 Å². The standard InChI is InChI=1S/C14H28N2O/c1-13(11-15,12-17-2)16-9-7-14(8-10-16)5-3-4-6-14/h3-12,15H2,1-2H3. The zero-order valence-corrected chi connectivity index (χ0v) is 11.5. The first-order chi connectivity index (χ1) is 8.14. The van der Waals surface area contributed by atoms with Crippen molar-refractivity contribution in [2.45, 2.75) is 51.0 Å². The Morgan fingerprint density at radius 3 is 2.24 bits per heavy atom. The fourth-order valence-electron chi connectivity index (χ4n) is 3.74. The van der Waals surface area contributed by atoms with Crippen LogP contribution in [0.2, 0.25) is 0 Å². The topological polar surface area (TPSA) is 38.5 Å². The molecule has 0 aromatic heterocycles. The van der Waals surface area contributed by atoms with E-state index >= 15 is 0 Å². The van der Waals surface area contributed by atoms with Crippen LogP contribution in [0.15, 0.2) is 0 Å². The third-order valence-electron chi connectivity index (χ3n) is 5.15. The Bertz CT molecular complexity index is 241. The average molecular weight is 240 g/mol. The Balaban J connectivity index is 1.93. The predicted octanol–water partition coefficient (Wildman–Crippen LogP) is 2.01. The van der Waals surface area contributed by atoms with Crippen LogP contribution in [0.4, 0.5) is 0 Å². The maximum absolute atomic E-state index is 5.95. The van der Waals surface area contributed by atoms with Crippen molar-refractivity contribution in [3.63, 3.8) is 0 Å². The number of hydrogen-bond donors (Lipinski definition) is 1. The van der Waals surface area contributed by atoms with Gasteiger partial charge in [-0.2, -0.15) is 0 Å². The summed E-state index contributed by atoms with van der Waals surface area (Å²) in [4.78, 5) is 2.56. The normalized spacial score (nSPS) is 28.4. The summed E-state index contributed by atoms with van der Waals surface area (Å²) in [5.41, 5.74) is 6.68. The van der Waals surface area contributed by atoms with E-state index in [-0.39, 0.29) is 5.54 Å². The minimum absolute atomic E-state index is 0.0367. The van der Waals surface area contributed by atoms with Crippen molar-refractivity contribution in [3.05, 3.63) is 0 Å². The van der Waals surface area contributed by atoms with E-state index in [1.54, 1.807) is 7.11 Å². The highest BCUT2D eigenvalue weighted by Crippen LogP contribution is 2.46. The fraction of sp³-hybridized carbons (Fsp3) is 1.00. The smallest absolute Gasteiger partial charge is 0.0656 e. The Hall–Kier alpha value is -0.120. The first-order valence-electron chi connectivity index (χ1n) is 7.08. The summed E-state index contributed by atoms with van der Waals surface area (Å²) < 4.78 is 5.35. The molecule has 0 bridgehead atoms. The predicted molar refractivity (Wildman–Crippen MR) is 71.0 cm³/mol. The Labute approximate surface area is 106 Å². The number of rotatable bonds is 4. The lowest BCUT2D eigenvalue weighted by atomic mass is 9.76. The van der Waals surface area contributed by atoms with Gasteiger partial charge < -0.3 is 10.5 Å². The van der Waals surface area contributed by atoms with Crippen molar-refractivity contribution in [2.75, 3.05) is 33.4 Å². The molecule has 2 rings (SSSR count). The summed E-state index contributed by atoms with van der Waals surface area (Å²) in [6.07, 6.45) is 8.56. The Kier molecular flexibility index (Phi) is 4.11. The third kappa shape index (κ3) is 2.67. The van der Waals surface area contributed by atoms with Gasteiger partial charge in [0, 0.05) is 13.7 Å². The number of methoxy groups -OCH3 is 1. The van der Waals surface area contributed by atoms with Gasteiger partial charge in [0.2, 0.25) is 0 Å². The van der Waals surface area contributed by atoms with E-state index in [0.717, 1.165) is 6.61 Å². The SMILES string of the molecule is COCC(C)(CN)N1CCC2(CCCC2)CC1. The number of likely N-dealkylation sites (tertiary alicyclic amines) is 1. The molecular weight excluding hydrogens is 212 g/mol. The first-order valence-corrected chi connectivity index (χ1v) is 7.08. The van der Waals surface area contributed by atoms with Crippen LogP contribution >= 0.6 is 0 Å². The van der Waals surface area contributed by atoms with Gasteiger partial charge in [0.1, 0.15) is 0 Å². The molecule has 1 atom stereocenters. The zero-order chi connectivity index (χ0) is 12.4. The van der Waals surface area contributed by atoms with E-state index in [0.29, 0.717) is 12.0 Å². The molecule has 1 spiro atoms. The molecule has 1 aliphatic carbocycles. The molecule has 100 valence electrons. The summed E-state index contributed by atoms with van der Waals surface area (Å²) in [6.45, 7) is 6.08. The molecule has 1 saturated heterocycles. The highest BCUT2D eigenvalue weighted by atomic mass is 16.5. The van der Waals surface area contributed by atoms with Crippen LogP contribution in [0.1, 0.15) is 45.4 Å². The Morgan fingerprint density at radius 1 is 1.18 bits per heavy atom. The summed E-state index contributed by atoms with van der Waals surface area (Å²) in [7, 11) is 1.77. The van der Waals surface area contributed by atoms with Gasteiger partial charge in [0.25, 0.3) is 0 Å². The highest BCUT2D eigenvalue weighted by molar-refractivity contribution is 4.95. The van der Waals surface area contributed by atoms with Gasteiger partial charge in [0.05, 0.1) is 12.1 Å². The quantitative estimate of drug-likeness (QED) is 0.817. The van der Waals surface area contributed by atoms with Crippen LogP contribution in [0.5, 0.6) is 0 Å². The summed E-state index contributed by atoms with van der Waals surface area (Å²) >= 11 is 0. The molecule has 0 aromatic rings. The number of piperidine rings is 1. The molecule has 0 aromatic carbocycles. The molecule has 2 fully saturated rings. The van der Waals surface area contributed by atoms with Crippen molar-refractivity contribution < 1.29 is 4.74 Å². The van der Waals surface area contributed by atoms with Crippen LogP contribution in [-0.4, -0.2) is 43.8 Å². The number of nitrogens with two attached hydrogens (primary N) is 1. The number of nitrogens with zero attached hydrogens (tertiary/aromatic N) is 1. The van der Waals surface area contributed by atoms with E-state index < -0.39 is 0 Å². The van der Waals surface area contributed by atoms with Crippen molar-refractivity contribution >= 4 is 0 Å². The van der Waals surface area contributed by atoms with Gasteiger partial charge in [-0.25, -0.2) is 0 Å². The van der Waals surface area contributed by atoms with Crippen molar-refractivity contribution in [2.24, 2.45) is 11.1 Å². The van der Waals surface area contributed by atoms with Gasteiger partial charge in [-0.1, -0.05) is 12.8 Å². The first kappa shape index (κ1) is 13.3. The van der Waals surface area contributed by atoms with Crippen LogP contribution < -0.4 is 5.73 Å². The molecule has 3 nitrogen and oxygen atoms in total. The Morgan fingerprint density at radius 2 is 1.76 bits per heavy atom. The highest BCUT2D eigenvalue weighted by Gasteiger charge is 2.41. The number of ether oxygens (including phenoxy) is 1. The van der Waals surface area contributed by atoms with Crippen molar-refractivity contribution in [1.29, 1.82) is 0 Å². The summed E-state index contributed by atoms with van der Waals surface area (Å²) in [6, 6.07) is 0. The summed E-state index contributed by atoms with van der Waals surface area (Å²) in [5.74, 6) is 0. The van der Waals surface area contributed by atoms with Crippen molar-refractivity contribution in [1.82, 2.24) is 4.90 Å². The molecule has 3 heteroatoms. The van der Waals surface area contributed by atoms with Gasteiger partial charge in [-0.15, -0.1) is 0 Å². The molecule has 0 amide bonds. The largest absolute Gasteiger partial charge is 0.383 e. The fourth-order valence-corrected chi connectivity index (χ4v) is 3.74. The second-order valence-corrected chi connectivity index (χ2v) is 6.33. The van der Waals surface area contributed by atoms with Gasteiger partial charge in [0.15, 0.2) is 0 Å². The summed E-state index contributed by atoms with van der Waals surface area (Å²) in [5, 5.41) is 0. The van der Waals surface area contributed by atoms with E-state index in [1.807, 2.05) is 0 Å². The maximum atomic E-state index is 5.95.